The molecule has 3 aromatic rings. The molecule has 0 spiro atoms. The Morgan fingerprint density at radius 1 is 0.913 bits per heavy atom. The summed E-state index contributed by atoms with van der Waals surface area (Å²) in [6.07, 6.45) is 5.63. The predicted octanol–water partition coefficient (Wildman–Crippen LogP) is 5.94. The third-order valence-electron chi connectivity index (χ3n) is 9.01. The average Bonchev–Trinajstić information content (AvgIpc) is 3.53. The fourth-order valence-electron chi connectivity index (χ4n) is 6.78. The van der Waals surface area contributed by atoms with Crippen LogP contribution in [0.5, 0.6) is 23.0 Å². The summed E-state index contributed by atoms with van der Waals surface area (Å²) in [5.74, 6) is 1.79. The molecule has 0 radical (unpaired) electrons. The summed E-state index contributed by atoms with van der Waals surface area (Å²) in [6, 6.07) is 15.0. The first-order valence-corrected chi connectivity index (χ1v) is 15.5. The number of nitrogens with zero attached hydrogens (tertiary/aromatic N) is 3. The van der Waals surface area contributed by atoms with Gasteiger partial charge in [-0.1, -0.05) is 24.8 Å². The van der Waals surface area contributed by atoms with E-state index in [0.717, 1.165) is 35.5 Å². The number of anilines is 2. The first-order chi connectivity index (χ1) is 22.4. The van der Waals surface area contributed by atoms with E-state index in [1.165, 1.54) is 5.56 Å². The van der Waals surface area contributed by atoms with Crippen molar-refractivity contribution in [3.8, 4) is 23.0 Å². The first-order valence-electron chi connectivity index (χ1n) is 15.5. The van der Waals surface area contributed by atoms with Gasteiger partial charge in [-0.2, -0.15) is 0 Å². The number of nitrogens with one attached hydrogen (secondary N) is 1. The quantitative estimate of drug-likeness (QED) is 0.296. The van der Waals surface area contributed by atoms with Crippen LogP contribution in [0.1, 0.15) is 46.0 Å². The second-order valence-electron chi connectivity index (χ2n) is 11.8. The molecule has 0 fully saturated rings. The molecule has 46 heavy (non-hydrogen) atoms. The maximum Gasteiger partial charge on any atom is 0.261 e. The third-order valence-corrected chi connectivity index (χ3v) is 9.01. The normalized spacial score (nSPS) is 19.3. The van der Waals surface area contributed by atoms with E-state index < -0.39 is 0 Å². The van der Waals surface area contributed by atoms with Gasteiger partial charge < -0.3 is 29.2 Å². The van der Waals surface area contributed by atoms with E-state index in [1.54, 1.807) is 43.4 Å². The molecule has 10 heteroatoms. The van der Waals surface area contributed by atoms with Gasteiger partial charge in [-0.05, 0) is 55.2 Å². The molecule has 2 amide bonds. The fourth-order valence-corrected chi connectivity index (χ4v) is 6.78. The second-order valence-corrected chi connectivity index (χ2v) is 11.8. The minimum atomic E-state index is -0.146. The van der Waals surface area contributed by atoms with Crippen LogP contribution in [0.4, 0.5) is 17.1 Å². The number of methoxy groups -OCH3 is 2. The number of carbonyl (C=O) groups excluding carboxylic acids is 2. The van der Waals surface area contributed by atoms with Gasteiger partial charge in [-0.25, -0.2) is 0 Å². The van der Waals surface area contributed by atoms with Gasteiger partial charge in [-0.15, -0.1) is 0 Å². The molecule has 4 aliphatic rings. The molecule has 1 N–H and O–H groups in total. The number of benzene rings is 3. The van der Waals surface area contributed by atoms with Crippen LogP contribution >= 0.6 is 0 Å². The minimum Gasteiger partial charge on any atom is -0.493 e. The summed E-state index contributed by atoms with van der Waals surface area (Å²) in [6.45, 7) is 7.23. The van der Waals surface area contributed by atoms with Crippen LogP contribution in [-0.4, -0.2) is 69.0 Å². The van der Waals surface area contributed by atoms with Crippen molar-refractivity contribution in [3.63, 3.8) is 0 Å². The molecule has 2 unspecified atom stereocenters. The smallest absolute Gasteiger partial charge is 0.261 e. The number of rotatable bonds is 9. The molecule has 3 aromatic carbocycles. The van der Waals surface area contributed by atoms with Crippen LogP contribution in [-0.2, 0) is 6.42 Å². The van der Waals surface area contributed by atoms with E-state index in [-0.39, 0.29) is 23.9 Å². The van der Waals surface area contributed by atoms with Gasteiger partial charge in [0.2, 0.25) is 0 Å². The fraction of sp³-hybridized carbons (Fsp3) is 0.306. The number of carbonyl (C=O) groups is 2. The van der Waals surface area contributed by atoms with E-state index >= 15 is 0 Å². The molecule has 10 nitrogen and oxygen atoms in total. The van der Waals surface area contributed by atoms with Crippen LogP contribution in [0.3, 0.4) is 0 Å². The van der Waals surface area contributed by atoms with E-state index in [1.807, 2.05) is 42.3 Å². The van der Waals surface area contributed by atoms with Gasteiger partial charge in [0.1, 0.15) is 0 Å². The lowest BCUT2D eigenvalue weighted by molar-refractivity contribution is 0.0806. The largest absolute Gasteiger partial charge is 0.493 e. The number of fused-ring (bicyclic) bond motifs is 6. The highest BCUT2D eigenvalue weighted by Gasteiger charge is 2.38. The Hall–Kier alpha value is -5.25. The number of amides is 2. The van der Waals surface area contributed by atoms with Crippen LogP contribution in [0.25, 0.3) is 0 Å². The Morgan fingerprint density at radius 2 is 1.61 bits per heavy atom. The summed E-state index contributed by atoms with van der Waals surface area (Å²) >= 11 is 0. The van der Waals surface area contributed by atoms with Crippen molar-refractivity contribution >= 4 is 35.1 Å². The summed E-state index contributed by atoms with van der Waals surface area (Å²) < 4.78 is 23.4. The molecule has 4 aliphatic heterocycles. The highest BCUT2D eigenvalue weighted by molar-refractivity contribution is 6.12. The van der Waals surface area contributed by atoms with Crippen molar-refractivity contribution < 1.29 is 28.5 Å². The SMILES string of the molecule is C=CC1=C(C)CC2C=Nc3cc(OCCCOc4cc5c(cc4OC)C(=O)N4c6ccccc6CC4CN5)c(OC)cc3C(=O)N12. The zero-order valence-electron chi connectivity index (χ0n) is 26.2. The zero-order chi connectivity index (χ0) is 31.9. The molecule has 0 saturated carbocycles. The lowest BCUT2D eigenvalue weighted by Gasteiger charge is -2.23. The molecule has 7 rings (SSSR count). The van der Waals surface area contributed by atoms with Gasteiger partial charge in [0, 0.05) is 42.7 Å². The number of para-hydroxylation sites is 1. The lowest BCUT2D eigenvalue weighted by Crippen LogP contribution is -2.39. The van der Waals surface area contributed by atoms with Crippen molar-refractivity contribution in [2.24, 2.45) is 4.99 Å². The molecule has 2 atom stereocenters. The number of ether oxygens (including phenoxy) is 4. The second kappa shape index (κ2) is 11.9. The van der Waals surface area contributed by atoms with Crippen LogP contribution in [0.2, 0.25) is 0 Å². The van der Waals surface area contributed by atoms with Crippen LogP contribution in [0.15, 0.2) is 77.4 Å². The number of hydrogen-bond acceptors (Lipinski definition) is 8. The maximum absolute atomic E-state index is 13.7. The van der Waals surface area contributed by atoms with Gasteiger partial charge >= 0.3 is 0 Å². The topological polar surface area (TPSA) is 102 Å². The van der Waals surface area contributed by atoms with Crippen molar-refractivity contribution in [1.82, 2.24) is 4.90 Å². The number of aliphatic imine (C=N–C) groups is 1. The minimum absolute atomic E-state index is 0.0429. The van der Waals surface area contributed by atoms with Crippen LogP contribution in [0, 0.1) is 0 Å². The van der Waals surface area contributed by atoms with E-state index in [9.17, 15) is 9.59 Å². The summed E-state index contributed by atoms with van der Waals surface area (Å²) in [4.78, 5) is 35.5. The highest BCUT2D eigenvalue weighted by Crippen LogP contribution is 2.42. The predicted molar refractivity (Wildman–Crippen MR) is 176 cm³/mol. The molecular weight excluding hydrogens is 584 g/mol. The Morgan fingerprint density at radius 3 is 2.35 bits per heavy atom. The number of allylic oxidation sites excluding steroid dienone is 1. The van der Waals surface area contributed by atoms with Crippen LogP contribution < -0.4 is 29.2 Å². The molecular formula is C36H36N4O6. The molecule has 0 aromatic heterocycles. The molecule has 0 saturated heterocycles. The number of hydrogen-bond donors (Lipinski definition) is 1. The van der Waals surface area contributed by atoms with E-state index in [4.69, 9.17) is 18.9 Å². The summed E-state index contributed by atoms with van der Waals surface area (Å²) in [7, 11) is 3.12. The Balaban J connectivity index is 1.02. The zero-order valence-corrected chi connectivity index (χ0v) is 26.2. The van der Waals surface area contributed by atoms with Crippen molar-refractivity contribution in [3.05, 3.63) is 89.1 Å². The van der Waals surface area contributed by atoms with Gasteiger partial charge in [0.05, 0.1) is 62.0 Å². The van der Waals surface area contributed by atoms with Crippen molar-refractivity contribution in [1.29, 1.82) is 0 Å². The summed E-state index contributed by atoms with van der Waals surface area (Å²) in [5, 5.41) is 3.46. The molecule has 236 valence electrons. The van der Waals surface area contributed by atoms with E-state index in [0.29, 0.717) is 66.0 Å². The van der Waals surface area contributed by atoms with E-state index in [2.05, 4.69) is 23.0 Å². The highest BCUT2D eigenvalue weighted by atomic mass is 16.5. The monoisotopic (exact) mass is 620 g/mol. The standard InChI is InChI=1S/C36H36N4O6/c1-5-29-21(2)13-23-19-37-27-17-33(31(43-3)15-25(27)35(41)39(23)29)45-11-8-12-46-34-18-28-26(16-32(34)44-4)36(42)40-24(20-38-28)14-22-9-6-7-10-30(22)40/h5-7,9-10,15-19,23-24,38H,1,8,11-14,20H2,2-4H3. The average molecular weight is 621 g/mol. The van der Waals surface area contributed by atoms with Crippen molar-refractivity contribution in [2.45, 2.75) is 38.3 Å². The maximum atomic E-state index is 13.7. The Kier molecular flexibility index (Phi) is 7.64. The first kappa shape index (κ1) is 29.5. The lowest BCUT2D eigenvalue weighted by atomic mass is 10.1. The third kappa shape index (κ3) is 4.94. The van der Waals surface area contributed by atoms with Gasteiger partial charge in [0.25, 0.3) is 11.8 Å². The van der Waals surface area contributed by atoms with Crippen molar-refractivity contribution in [2.75, 3.05) is 44.2 Å². The Labute approximate surface area is 267 Å². The van der Waals surface area contributed by atoms with Gasteiger partial charge in [0.15, 0.2) is 23.0 Å². The molecule has 0 aliphatic carbocycles. The Bertz CT molecular complexity index is 1810. The molecule has 4 heterocycles. The van der Waals surface area contributed by atoms with Gasteiger partial charge in [-0.3, -0.25) is 19.5 Å². The molecule has 0 bridgehead atoms. The summed E-state index contributed by atoms with van der Waals surface area (Å²) in [5.41, 5.74) is 6.34.